The lowest BCUT2D eigenvalue weighted by atomic mass is 10.4. The van der Waals surface area contributed by atoms with Crippen LogP contribution in [0.25, 0.3) is 0 Å². The van der Waals surface area contributed by atoms with Crippen LogP contribution in [0.4, 0.5) is 4.39 Å². The molecule has 1 aromatic rings. The minimum Gasteiger partial charge on any atom is -0.210 e. The zero-order valence-electron chi connectivity index (χ0n) is 4.73. The molecule has 1 rings (SSSR count). The second-order valence-electron chi connectivity index (χ2n) is 1.61. The van der Waals surface area contributed by atoms with E-state index in [4.69, 9.17) is 0 Å². The van der Waals surface area contributed by atoms with Gasteiger partial charge in [0.25, 0.3) is 0 Å². The van der Waals surface area contributed by atoms with E-state index in [1.54, 1.807) is 6.92 Å². The molecule has 4 heteroatoms. The summed E-state index contributed by atoms with van der Waals surface area (Å²) in [6.07, 6.45) is 0.722. The fourth-order valence-corrected chi connectivity index (χ4v) is 0.650. The first-order valence-electron chi connectivity index (χ1n) is 2.35. The van der Waals surface area contributed by atoms with E-state index >= 15 is 0 Å². The highest BCUT2D eigenvalue weighted by Gasteiger charge is 1.96. The third-order valence-corrected chi connectivity index (χ3v) is 1.68. The summed E-state index contributed by atoms with van der Waals surface area (Å²) < 4.78 is 12.6. The Morgan fingerprint density at radius 2 is 2.33 bits per heavy atom. The van der Waals surface area contributed by atoms with Gasteiger partial charge in [-0.15, -0.1) is 0 Å². The van der Waals surface area contributed by atoms with Crippen molar-refractivity contribution in [3.63, 3.8) is 0 Å². The van der Waals surface area contributed by atoms with E-state index in [0.717, 1.165) is 5.56 Å². The van der Waals surface area contributed by atoms with Gasteiger partial charge in [0.05, 0.1) is 0 Å². The number of nitrogens with zero attached hydrogens (tertiary/aromatic N) is 2. The average molecular weight is 191 g/mol. The van der Waals surface area contributed by atoms with E-state index in [2.05, 4.69) is 25.9 Å². The van der Waals surface area contributed by atoms with Gasteiger partial charge in [-0.25, -0.2) is 4.98 Å². The maximum absolute atomic E-state index is 12.1. The maximum Gasteiger partial charge on any atom is 0.309 e. The van der Waals surface area contributed by atoms with Gasteiger partial charge in [0, 0.05) is 11.8 Å². The molecule has 0 amide bonds. The van der Waals surface area contributed by atoms with Gasteiger partial charge in [-0.1, -0.05) is 0 Å². The first-order valence-corrected chi connectivity index (χ1v) is 3.14. The van der Waals surface area contributed by atoms with Crippen LogP contribution in [0.15, 0.2) is 10.8 Å². The van der Waals surface area contributed by atoms with Gasteiger partial charge in [-0.05, 0) is 22.9 Å². The van der Waals surface area contributed by atoms with Crippen molar-refractivity contribution in [1.29, 1.82) is 0 Å². The molecule has 0 aliphatic rings. The van der Waals surface area contributed by atoms with E-state index in [9.17, 15) is 4.39 Å². The van der Waals surface area contributed by atoms with E-state index in [1.807, 2.05) is 0 Å². The molecule has 0 aliphatic carbocycles. The Morgan fingerprint density at radius 3 is 2.78 bits per heavy atom. The second-order valence-corrected chi connectivity index (χ2v) is 2.36. The molecule has 0 atom stereocenters. The van der Waals surface area contributed by atoms with Crippen LogP contribution in [-0.4, -0.2) is 9.97 Å². The van der Waals surface area contributed by atoms with Crippen molar-refractivity contribution in [3.05, 3.63) is 22.4 Å². The van der Waals surface area contributed by atoms with E-state index in [1.165, 1.54) is 6.20 Å². The molecule has 0 unspecified atom stereocenters. The van der Waals surface area contributed by atoms with Crippen molar-refractivity contribution >= 4 is 15.9 Å². The number of hydrogen-bond acceptors (Lipinski definition) is 2. The number of hydrogen-bond donors (Lipinski definition) is 0. The molecule has 48 valence electrons. The predicted octanol–water partition coefficient (Wildman–Crippen LogP) is 1.69. The van der Waals surface area contributed by atoms with Crippen LogP contribution in [0.3, 0.4) is 0 Å². The molecule has 0 spiro atoms. The Kier molecular flexibility index (Phi) is 1.75. The maximum atomic E-state index is 12.1. The normalized spacial score (nSPS) is 9.67. The quantitative estimate of drug-likeness (QED) is 0.460. The molecule has 1 aromatic heterocycles. The van der Waals surface area contributed by atoms with E-state index < -0.39 is 6.08 Å². The van der Waals surface area contributed by atoms with Gasteiger partial charge >= 0.3 is 6.08 Å². The third kappa shape index (κ3) is 1.45. The van der Waals surface area contributed by atoms with Crippen LogP contribution in [0.1, 0.15) is 5.56 Å². The molecule has 0 bridgehead atoms. The molecule has 0 aromatic carbocycles. The third-order valence-electron chi connectivity index (χ3n) is 0.881. The summed E-state index contributed by atoms with van der Waals surface area (Å²) in [6.45, 7) is 1.80. The molecule has 0 aliphatic heterocycles. The van der Waals surface area contributed by atoms with Crippen LogP contribution in [0.2, 0.25) is 0 Å². The Balaban J connectivity index is 3.17. The number of rotatable bonds is 0. The zero-order valence-corrected chi connectivity index (χ0v) is 6.31. The lowest BCUT2D eigenvalue weighted by Crippen LogP contribution is -1.90. The van der Waals surface area contributed by atoms with Gasteiger partial charge < -0.3 is 0 Å². The molecule has 0 fully saturated rings. The fraction of sp³-hybridized carbons (Fsp3) is 0.200. The minimum absolute atomic E-state index is 0.509. The summed E-state index contributed by atoms with van der Waals surface area (Å²) in [7, 11) is 0. The van der Waals surface area contributed by atoms with E-state index in [-0.39, 0.29) is 0 Å². The van der Waals surface area contributed by atoms with E-state index in [0.29, 0.717) is 4.60 Å². The van der Waals surface area contributed by atoms with Crippen molar-refractivity contribution in [2.45, 2.75) is 6.92 Å². The van der Waals surface area contributed by atoms with Gasteiger partial charge in [0.1, 0.15) is 4.60 Å². The molecule has 2 nitrogen and oxygen atoms in total. The summed E-state index contributed by atoms with van der Waals surface area (Å²) in [6, 6.07) is 0. The lowest BCUT2D eigenvalue weighted by Gasteiger charge is -1.92. The lowest BCUT2D eigenvalue weighted by molar-refractivity contribution is 0.534. The number of aryl methyl sites for hydroxylation is 1. The van der Waals surface area contributed by atoms with Crippen LogP contribution >= 0.6 is 15.9 Å². The van der Waals surface area contributed by atoms with Crippen molar-refractivity contribution in [1.82, 2.24) is 9.97 Å². The summed E-state index contributed by atoms with van der Waals surface area (Å²) in [4.78, 5) is 6.74. The highest BCUT2D eigenvalue weighted by molar-refractivity contribution is 9.10. The Labute approximate surface area is 60.3 Å². The monoisotopic (exact) mass is 190 g/mol. The highest BCUT2D eigenvalue weighted by atomic mass is 79.9. The van der Waals surface area contributed by atoms with Gasteiger partial charge in [0.15, 0.2) is 0 Å². The number of halogens is 2. The molecular formula is C5H4BrFN2. The van der Waals surface area contributed by atoms with Crippen LogP contribution < -0.4 is 0 Å². The van der Waals surface area contributed by atoms with Gasteiger partial charge in [0.2, 0.25) is 0 Å². The Hall–Kier alpha value is -0.510. The summed E-state index contributed by atoms with van der Waals surface area (Å²) in [5, 5.41) is 0. The fourth-order valence-electron chi connectivity index (χ4n) is 0.401. The smallest absolute Gasteiger partial charge is 0.210 e. The highest BCUT2D eigenvalue weighted by Crippen LogP contribution is 2.09. The first kappa shape index (κ1) is 6.61. The van der Waals surface area contributed by atoms with Crippen molar-refractivity contribution in [2.75, 3.05) is 0 Å². The van der Waals surface area contributed by atoms with Gasteiger partial charge in [-0.3, -0.25) is 0 Å². The Morgan fingerprint density at radius 1 is 1.67 bits per heavy atom. The average Bonchev–Trinajstić information content (AvgIpc) is 1.80. The van der Waals surface area contributed by atoms with Crippen molar-refractivity contribution < 1.29 is 4.39 Å². The second kappa shape index (κ2) is 2.39. The SMILES string of the molecule is Cc1cnc(F)nc1Br. The van der Waals surface area contributed by atoms with Crippen LogP contribution in [0.5, 0.6) is 0 Å². The van der Waals surface area contributed by atoms with Crippen LogP contribution in [0, 0.1) is 13.0 Å². The summed E-state index contributed by atoms with van der Waals surface area (Å²) >= 11 is 3.05. The molecule has 9 heavy (non-hydrogen) atoms. The molecule has 0 N–H and O–H groups in total. The number of aromatic nitrogens is 2. The van der Waals surface area contributed by atoms with Gasteiger partial charge in [-0.2, -0.15) is 9.37 Å². The van der Waals surface area contributed by atoms with Crippen molar-refractivity contribution in [2.24, 2.45) is 0 Å². The van der Waals surface area contributed by atoms with Crippen molar-refractivity contribution in [3.8, 4) is 0 Å². The largest absolute Gasteiger partial charge is 0.309 e. The molecule has 0 radical (unpaired) electrons. The predicted molar refractivity (Wildman–Crippen MR) is 34.4 cm³/mol. The minimum atomic E-state index is -0.701. The molecule has 0 saturated carbocycles. The zero-order chi connectivity index (χ0) is 6.85. The Bertz CT molecular complexity index is 226. The summed E-state index contributed by atoms with van der Waals surface area (Å²) in [5.74, 6) is 0. The van der Waals surface area contributed by atoms with Crippen LogP contribution in [-0.2, 0) is 0 Å². The topological polar surface area (TPSA) is 25.8 Å². The first-order chi connectivity index (χ1) is 4.20. The molecule has 0 saturated heterocycles. The molecule has 1 heterocycles. The summed E-state index contributed by atoms with van der Waals surface area (Å²) in [5.41, 5.74) is 0.830. The molecular weight excluding hydrogens is 187 g/mol. The standard InChI is InChI=1S/C5H4BrFN2/c1-3-2-8-5(7)9-4(3)6/h2H,1H3.